The third kappa shape index (κ3) is 3.72. The molecule has 0 bridgehead atoms. The van der Waals surface area contributed by atoms with E-state index in [4.69, 9.17) is 5.73 Å². The number of benzene rings is 1. The maximum Gasteiger partial charge on any atom is 0.235 e. The lowest BCUT2D eigenvalue weighted by atomic mass is 10.0. The molecule has 2 aliphatic rings. The first-order chi connectivity index (χ1) is 11.1. The molecule has 23 heavy (non-hydrogen) atoms. The molecule has 0 radical (unpaired) electrons. The van der Waals surface area contributed by atoms with Crippen LogP contribution in [-0.4, -0.2) is 42.4 Å². The van der Waals surface area contributed by atoms with Gasteiger partial charge in [0.15, 0.2) is 0 Å². The van der Waals surface area contributed by atoms with E-state index in [0.717, 1.165) is 38.9 Å². The van der Waals surface area contributed by atoms with E-state index in [2.05, 4.69) is 34.5 Å². The van der Waals surface area contributed by atoms with Crippen LogP contribution in [0.5, 0.6) is 0 Å². The summed E-state index contributed by atoms with van der Waals surface area (Å²) in [4.78, 5) is 26.1. The van der Waals surface area contributed by atoms with E-state index in [-0.39, 0.29) is 11.9 Å². The molecule has 0 spiro atoms. The summed E-state index contributed by atoms with van der Waals surface area (Å²) >= 11 is 0. The average molecular weight is 315 g/mol. The molecule has 5 heteroatoms. The van der Waals surface area contributed by atoms with E-state index in [1.165, 1.54) is 5.56 Å². The normalized spacial score (nSPS) is 23.2. The van der Waals surface area contributed by atoms with Crippen molar-refractivity contribution in [1.82, 2.24) is 10.2 Å². The molecule has 1 aromatic rings. The summed E-state index contributed by atoms with van der Waals surface area (Å²) < 4.78 is 0. The van der Waals surface area contributed by atoms with Crippen LogP contribution in [0.2, 0.25) is 0 Å². The third-order valence-corrected chi connectivity index (χ3v) is 5.06. The van der Waals surface area contributed by atoms with Gasteiger partial charge in [-0.05, 0) is 44.2 Å². The van der Waals surface area contributed by atoms with Gasteiger partial charge in [-0.25, -0.2) is 0 Å². The standard InChI is InChI=1S/C18H25N3O2/c19-16(22)18(9-10-18)17(23)20-15-7-4-11-21(13-15)12-8-14-5-2-1-3-6-14/h1-3,5-6,15H,4,7-13H2,(H2,19,22)(H,20,23). The second-order valence-electron chi connectivity index (χ2n) is 6.80. The molecule has 1 saturated heterocycles. The lowest BCUT2D eigenvalue weighted by molar-refractivity contribution is -0.136. The van der Waals surface area contributed by atoms with Crippen LogP contribution in [-0.2, 0) is 16.0 Å². The molecule has 2 amide bonds. The van der Waals surface area contributed by atoms with Crippen LogP contribution < -0.4 is 11.1 Å². The van der Waals surface area contributed by atoms with E-state index < -0.39 is 11.3 Å². The van der Waals surface area contributed by atoms with Crippen molar-refractivity contribution in [3.8, 4) is 0 Å². The maximum absolute atomic E-state index is 12.3. The largest absolute Gasteiger partial charge is 0.369 e. The molecule has 1 saturated carbocycles. The molecule has 1 heterocycles. The van der Waals surface area contributed by atoms with Crippen molar-refractivity contribution in [2.75, 3.05) is 19.6 Å². The molecule has 1 aromatic carbocycles. The van der Waals surface area contributed by atoms with Crippen molar-refractivity contribution >= 4 is 11.8 Å². The van der Waals surface area contributed by atoms with Gasteiger partial charge in [-0.3, -0.25) is 9.59 Å². The zero-order chi connectivity index (χ0) is 16.3. The first-order valence-electron chi connectivity index (χ1n) is 8.47. The number of nitrogens with zero attached hydrogens (tertiary/aromatic N) is 1. The van der Waals surface area contributed by atoms with E-state index in [0.29, 0.717) is 12.8 Å². The van der Waals surface area contributed by atoms with Crippen LogP contribution in [0.4, 0.5) is 0 Å². The summed E-state index contributed by atoms with van der Waals surface area (Å²) in [6, 6.07) is 10.6. The number of amides is 2. The molecule has 1 aliphatic carbocycles. The zero-order valence-electron chi connectivity index (χ0n) is 13.5. The number of nitrogens with one attached hydrogen (secondary N) is 1. The number of rotatable bonds is 6. The van der Waals surface area contributed by atoms with Gasteiger partial charge in [-0.15, -0.1) is 0 Å². The van der Waals surface area contributed by atoms with Gasteiger partial charge in [0.2, 0.25) is 11.8 Å². The van der Waals surface area contributed by atoms with Gasteiger partial charge in [-0.1, -0.05) is 30.3 Å². The summed E-state index contributed by atoms with van der Waals surface area (Å²) in [7, 11) is 0. The first kappa shape index (κ1) is 16.0. The first-order valence-corrected chi connectivity index (χ1v) is 8.47. The highest BCUT2D eigenvalue weighted by Gasteiger charge is 2.55. The van der Waals surface area contributed by atoms with Crippen molar-refractivity contribution in [3.05, 3.63) is 35.9 Å². The Morgan fingerprint density at radius 1 is 1.26 bits per heavy atom. The second-order valence-corrected chi connectivity index (χ2v) is 6.80. The van der Waals surface area contributed by atoms with Crippen LogP contribution in [0.1, 0.15) is 31.2 Å². The fraction of sp³-hybridized carbons (Fsp3) is 0.556. The maximum atomic E-state index is 12.3. The molecule has 2 fully saturated rings. The molecule has 1 atom stereocenters. The minimum atomic E-state index is -0.910. The smallest absolute Gasteiger partial charge is 0.235 e. The van der Waals surface area contributed by atoms with Crippen molar-refractivity contribution < 1.29 is 9.59 Å². The van der Waals surface area contributed by atoms with Crippen LogP contribution in [0, 0.1) is 5.41 Å². The summed E-state index contributed by atoms with van der Waals surface area (Å²) in [5.41, 5.74) is 5.79. The highest BCUT2D eigenvalue weighted by molar-refractivity contribution is 6.07. The predicted octanol–water partition coefficient (Wildman–Crippen LogP) is 1.08. The number of carbonyl (C=O) groups is 2. The van der Waals surface area contributed by atoms with Gasteiger partial charge < -0.3 is 16.0 Å². The summed E-state index contributed by atoms with van der Waals surface area (Å²) in [5, 5.41) is 3.05. The van der Waals surface area contributed by atoms with Gasteiger partial charge in [0.25, 0.3) is 0 Å². The molecule has 0 aromatic heterocycles. The average Bonchev–Trinajstić information content (AvgIpc) is 3.36. The Morgan fingerprint density at radius 2 is 2.00 bits per heavy atom. The highest BCUT2D eigenvalue weighted by atomic mass is 16.2. The zero-order valence-corrected chi connectivity index (χ0v) is 13.5. The Balaban J connectivity index is 1.48. The van der Waals surface area contributed by atoms with E-state index in [1.807, 2.05) is 6.07 Å². The summed E-state index contributed by atoms with van der Waals surface area (Å²) in [5.74, 6) is -0.647. The van der Waals surface area contributed by atoms with Gasteiger partial charge in [0.05, 0.1) is 0 Å². The monoisotopic (exact) mass is 315 g/mol. The molecule has 5 nitrogen and oxygen atoms in total. The van der Waals surface area contributed by atoms with E-state index in [1.54, 1.807) is 0 Å². The number of hydrogen-bond acceptors (Lipinski definition) is 3. The van der Waals surface area contributed by atoms with Gasteiger partial charge in [-0.2, -0.15) is 0 Å². The van der Waals surface area contributed by atoms with Crippen molar-refractivity contribution in [3.63, 3.8) is 0 Å². The van der Waals surface area contributed by atoms with Gasteiger partial charge in [0.1, 0.15) is 5.41 Å². The van der Waals surface area contributed by atoms with Gasteiger partial charge >= 0.3 is 0 Å². The van der Waals surface area contributed by atoms with E-state index >= 15 is 0 Å². The number of hydrogen-bond donors (Lipinski definition) is 2. The van der Waals surface area contributed by atoms with Crippen LogP contribution in [0.25, 0.3) is 0 Å². The quantitative estimate of drug-likeness (QED) is 0.771. The highest BCUT2D eigenvalue weighted by Crippen LogP contribution is 2.45. The van der Waals surface area contributed by atoms with E-state index in [9.17, 15) is 9.59 Å². The van der Waals surface area contributed by atoms with Crippen molar-refractivity contribution in [2.24, 2.45) is 11.1 Å². The summed E-state index contributed by atoms with van der Waals surface area (Å²) in [6.45, 7) is 2.92. The lowest BCUT2D eigenvalue weighted by Gasteiger charge is -2.33. The number of carbonyl (C=O) groups excluding carboxylic acids is 2. The Kier molecular flexibility index (Phi) is 4.66. The van der Waals surface area contributed by atoms with Crippen LogP contribution in [0.15, 0.2) is 30.3 Å². The third-order valence-electron chi connectivity index (χ3n) is 5.06. The molecule has 3 rings (SSSR count). The minimum Gasteiger partial charge on any atom is -0.369 e. The minimum absolute atomic E-state index is 0.129. The number of likely N-dealkylation sites (tertiary alicyclic amines) is 1. The Labute approximate surface area is 137 Å². The molecule has 1 aliphatic heterocycles. The fourth-order valence-electron chi connectivity index (χ4n) is 3.34. The number of piperidine rings is 1. The summed E-state index contributed by atoms with van der Waals surface area (Å²) in [6.07, 6.45) is 4.26. The van der Waals surface area contributed by atoms with Crippen LogP contribution >= 0.6 is 0 Å². The predicted molar refractivity (Wildman–Crippen MR) is 88.6 cm³/mol. The Bertz CT molecular complexity index is 569. The topological polar surface area (TPSA) is 75.4 Å². The van der Waals surface area contributed by atoms with Crippen molar-refractivity contribution in [2.45, 2.75) is 38.1 Å². The van der Waals surface area contributed by atoms with Gasteiger partial charge in [0, 0.05) is 19.1 Å². The lowest BCUT2D eigenvalue weighted by Crippen LogP contribution is -2.51. The molecule has 3 N–H and O–H groups in total. The van der Waals surface area contributed by atoms with Crippen LogP contribution in [0.3, 0.4) is 0 Å². The second kappa shape index (κ2) is 6.71. The molecule has 124 valence electrons. The Morgan fingerprint density at radius 3 is 2.65 bits per heavy atom. The number of nitrogens with two attached hydrogens (primary N) is 1. The Hall–Kier alpha value is -1.88. The van der Waals surface area contributed by atoms with Crippen molar-refractivity contribution in [1.29, 1.82) is 0 Å². The molecular weight excluding hydrogens is 290 g/mol. The molecular formula is C18H25N3O2. The number of primary amides is 1. The fourth-order valence-corrected chi connectivity index (χ4v) is 3.34. The SMILES string of the molecule is NC(=O)C1(C(=O)NC2CCCN(CCc3ccccc3)C2)CC1. The molecule has 1 unspecified atom stereocenters.